The molecular formula is C23H36N2O3P+. The first kappa shape index (κ1) is 23.9. The summed E-state index contributed by atoms with van der Waals surface area (Å²) in [7, 11) is -2.49. The van der Waals surface area contributed by atoms with Crippen LogP contribution >= 0.6 is 8.25 Å². The molecule has 1 aromatic heterocycles. The zero-order valence-corrected chi connectivity index (χ0v) is 18.6. The fourth-order valence-corrected chi connectivity index (χ4v) is 3.95. The molecule has 2 aromatic rings. The molecule has 0 saturated heterocycles. The number of fused-ring (bicyclic) bond motifs is 1. The lowest BCUT2D eigenvalue weighted by atomic mass is 9.98. The molecule has 0 aliphatic heterocycles. The van der Waals surface area contributed by atoms with Crippen LogP contribution < -0.4 is 5.32 Å². The fourth-order valence-electron chi connectivity index (χ4n) is 3.66. The molecule has 0 amide bonds. The van der Waals surface area contributed by atoms with E-state index >= 15 is 0 Å². The Hall–Kier alpha value is -1.39. The van der Waals surface area contributed by atoms with Gasteiger partial charge in [-0.15, -0.1) is 9.42 Å². The first-order chi connectivity index (χ1) is 14.2. The number of aryl methyl sites for hydroxylation is 1. The molecule has 5 nitrogen and oxygen atoms in total. The normalized spacial score (nSPS) is 11.9. The lowest BCUT2D eigenvalue weighted by molar-refractivity contribution is 0.276. The van der Waals surface area contributed by atoms with Crippen molar-refractivity contribution in [3.63, 3.8) is 0 Å². The summed E-state index contributed by atoms with van der Waals surface area (Å²) < 4.78 is 15.2. The zero-order valence-electron chi connectivity index (χ0n) is 17.7. The highest BCUT2D eigenvalue weighted by Crippen LogP contribution is 2.23. The lowest BCUT2D eigenvalue weighted by Gasteiger charge is -2.11. The summed E-state index contributed by atoms with van der Waals surface area (Å²) in [4.78, 5) is 13.3. The van der Waals surface area contributed by atoms with Crippen molar-refractivity contribution in [2.75, 3.05) is 13.2 Å². The first-order valence-electron chi connectivity index (χ1n) is 11.1. The quantitative estimate of drug-likeness (QED) is 0.255. The molecule has 29 heavy (non-hydrogen) atoms. The van der Waals surface area contributed by atoms with Crippen LogP contribution in [-0.2, 0) is 22.1 Å². The fraction of sp³-hybridized carbons (Fsp3) is 0.609. The number of pyridine rings is 1. The van der Waals surface area contributed by atoms with Crippen LogP contribution in [0.4, 0.5) is 0 Å². The van der Waals surface area contributed by atoms with Gasteiger partial charge in [0.2, 0.25) is 0 Å². The van der Waals surface area contributed by atoms with E-state index in [9.17, 15) is 4.57 Å². The van der Waals surface area contributed by atoms with Gasteiger partial charge in [-0.3, -0.25) is 4.98 Å². The van der Waals surface area contributed by atoms with Crippen molar-refractivity contribution in [2.45, 2.75) is 77.7 Å². The third kappa shape index (κ3) is 9.31. The average Bonchev–Trinajstić information content (AvgIpc) is 2.73. The van der Waals surface area contributed by atoms with E-state index in [0.29, 0.717) is 6.42 Å². The maximum absolute atomic E-state index is 10.5. The number of rotatable bonds is 16. The van der Waals surface area contributed by atoms with Crippen molar-refractivity contribution >= 4 is 19.2 Å². The molecule has 1 atom stereocenters. The molecule has 0 saturated carbocycles. The van der Waals surface area contributed by atoms with E-state index in [4.69, 9.17) is 4.89 Å². The van der Waals surface area contributed by atoms with Gasteiger partial charge in [0, 0.05) is 22.7 Å². The highest BCUT2D eigenvalue weighted by Gasteiger charge is 2.10. The Labute approximate surface area is 176 Å². The summed E-state index contributed by atoms with van der Waals surface area (Å²) in [5.41, 5.74) is 3.66. The highest BCUT2D eigenvalue weighted by molar-refractivity contribution is 7.32. The summed E-state index contributed by atoms with van der Waals surface area (Å²) in [6.07, 6.45) is 14.4. The Morgan fingerprint density at radius 3 is 2.48 bits per heavy atom. The van der Waals surface area contributed by atoms with Crippen molar-refractivity contribution < 1.29 is 14.0 Å². The zero-order chi connectivity index (χ0) is 20.7. The monoisotopic (exact) mass is 419 g/mol. The van der Waals surface area contributed by atoms with Crippen LogP contribution in [0.15, 0.2) is 30.5 Å². The number of nitrogens with one attached hydrogen (secondary N) is 1. The van der Waals surface area contributed by atoms with Gasteiger partial charge >= 0.3 is 8.25 Å². The maximum Gasteiger partial charge on any atom is 0.694 e. The standard InChI is InChI=1S/C23H35N2O3P/c1-2-3-4-5-6-7-8-9-12-20-14-15-21(23-22(20)13-10-17-25-23)19-24-16-11-18-28-29(26)27/h10,13-15,17,24H,2-9,11-12,16,18-19H2,1H3/p+1. The summed E-state index contributed by atoms with van der Waals surface area (Å²) in [5, 5.41) is 4.63. The molecule has 1 unspecified atom stereocenters. The second kappa shape index (κ2) is 14.6. The molecule has 160 valence electrons. The van der Waals surface area contributed by atoms with Gasteiger partial charge < -0.3 is 5.32 Å². The minimum absolute atomic E-state index is 0.287. The van der Waals surface area contributed by atoms with Gasteiger partial charge in [0.05, 0.1) is 5.52 Å². The van der Waals surface area contributed by atoms with Crippen molar-refractivity contribution in [2.24, 2.45) is 0 Å². The van der Waals surface area contributed by atoms with Gasteiger partial charge in [-0.05, 0) is 43.0 Å². The molecule has 1 aromatic carbocycles. The smallest absolute Gasteiger partial charge is 0.313 e. The van der Waals surface area contributed by atoms with Gasteiger partial charge in [-0.1, -0.05) is 70.1 Å². The van der Waals surface area contributed by atoms with E-state index in [0.717, 1.165) is 25.0 Å². The van der Waals surface area contributed by atoms with Gasteiger partial charge in [0.15, 0.2) is 0 Å². The van der Waals surface area contributed by atoms with E-state index in [1.54, 1.807) is 0 Å². The van der Waals surface area contributed by atoms with Crippen LogP contribution in [0.25, 0.3) is 10.9 Å². The SMILES string of the molecule is CCCCCCCCCCc1ccc(CNCCCO[P+](=O)O)c2ncccc12. The highest BCUT2D eigenvalue weighted by atomic mass is 31.1. The van der Waals surface area contributed by atoms with E-state index in [1.165, 1.54) is 67.9 Å². The Balaban J connectivity index is 1.79. The molecule has 0 spiro atoms. The van der Waals surface area contributed by atoms with Crippen LogP contribution in [0.2, 0.25) is 0 Å². The predicted octanol–water partition coefficient (Wildman–Crippen LogP) is 6.06. The van der Waals surface area contributed by atoms with Crippen molar-refractivity contribution in [1.29, 1.82) is 0 Å². The maximum atomic E-state index is 10.5. The summed E-state index contributed by atoms with van der Waals surface area (Å²) >= 11 is 0. The number of hydrogen-bond donors (Lipinski definition) is 2. The topological polar surface area (TPSA) is 71.5 Å². The molecule has 0 fully saturated rings. The second-order valence-corrected chi connectivity index (χ2v) is 8.34. The molecule has 2 rings (SSSR count). The molecule has 1 heterocycles. The number of aromatic nitrogens is 1. The van der Waals surface area contributed by atoms with Crippen LogP contribution in [0, 0.1) is 0 Å². The van der Waals surface area contributed by atoms with Crippen LogP contribution in [0.5, 0.6) is 0 Å². The molecular weight excluding hydrogens is 383 g/mol. The van der Waals surface area contributed by atoms with Crippen LogP contribution in [0.1, 0.15) is 75.8 Å². The minimum atomic E-state index is -2.49. The summed E-state index contributed by atoms with van der Waals surface area (Å²) in [5.74, 6) is 0. The molecule has 0 radical (unpaired) electrons. The lowest BCUT2D eigenvalue weighted by Crippen LogP contribution is -2.16. The summed E-state index contributed by atoms with van der Waals surface area (Å²) in [6, 6.07) is 8.63. The van der Waals surface area contributed by atoms with Crippen molar-refractivity contribution in [3.05, 3.63) is 41.6 Å². The van der Waals surface area contributed by atoms with Gasteiger partial charge in [-0.2, -0.15) is 0 Å². The number of unbranched alkanes of at least 4 members (excludes halogenated alkanes) is 7. The van der Waals surface area contributed by atoms with E-state index in [-0.39, 0.29) is 6.61 Å². The second-order valence-electron chi connectivity index (χ2n) is 7.61. The Kier molecular flexibility index (Phi) is 12.0. The Bertz CT molecular complexity index is 739. The molecule has 0 aliphatic rings. The van der Waals surface area contributed by atoms with Crippen molar-refractivity contribution in [3.8, 4) is 0 Å². The number of nitrogens with zero attached hydrogens (tertiary/aromatic N) is 1. The van der Waals surface area contributed by atoms with E-state index in [2.05, 4.69) is 39.9 Å². The van der Waals surface area contributed by atoms with Gasteiger partial charge in [-0.25, -0.2) is 0 Å². The first-order valence-corrected chi connectivity index (χ1v) is 12.2. The van der Waals surface area contributed by atoms with Gasteiger partial charge in [0.1, 0.15) is 6.61 Å². The predicted molar refractivity (Wildman–Crippen MR) is 120 cm³/mol. The number of hydrogen-bond acceptors (Lipinski definition) is 4. The average molecular weight is 420 g/mol. The van der Waals surface area contributed by atoms with Gasteiger partial charge in [0.25, 0.3) is 0 Å². The van der Waals surface area contributed by atoms with Crippen LogP contribution in [-0.4, -0.2) is 23.0 Å². The van der Waals surface area contributed by atoms with Crippen LogP contribution in [0.3, 0.4) is 0 Å². The summed E-state index contributed by atoms with van der Waals surface area (Å²) in [6.45, 7) is 4.02. The third-order valence-electron chi connectivity index (χ3n) is 5.26. The molecule has 6 heteroatoms. The number of benzene rings is 1. The Morgan fingerprint density at radius 1 is 1.00 bits per heavy atom. The minimum Gasteiger partial charge on any atom is -0.313 e. The third-order valence-corrected chi connectivity index (χ3v) is 5.66. The molecule has 0 aliphatic carbocycles. The molecule has 2 N–H and O–H groups in total. The van der Waals surface area contributed by atoms with E-state index < -0.39 is 8.25 Å². The molecule has 0 bridgehead atoms. The Morgan fingerprint density at radius 2 is 1.72 bits per heavy atom. The van der Waals surface area contributed by atoms with E-state index in [1.807, 2.05) is 12.3 Å². The van der Waals surface area contributed by atoms with Crippen molar-refractivity contribution in [1.82, 2.24) is 10.3 Å². The largest absolute Gasteiger partial charge is 0.694 e.